The van der Waals surface area contributed by atoms with Crippen LogP contribution in [0.15, 0.2) is 30.9 Å². The van der Waals surface area contributed by atoms with Gasteiger partial charge in [0.05, 0.1) is 6.54 Å². The predicted molar refractivity (Wildman–Crippen MR) is 98.8 cm³/mol. The molecule has 2 heterocycles. The maximum atomic E-state index is 12.9. The molecule has 0 spiro atoms. The molecule has 0 atom stereocenters. The lowest BCUT2D eigenvalue weighted by Gasteiger charge is -2.35. The van der Waals surface area contributed by atoms with Crippen LogP contribution in [0.5, 0.6) is 0 Å². The minimum absolute atomic E-state index is 0.00267. The van der Waals surface area contributed by atoms with E-state index in [1.165, 1.54) is 0 Å². The molecule has 25 heavy (non-hydrogen) atoms. The topological polar surface area (TPSA) is 64.7 Å². The first-order valence-electron chi connectivity index (χ1n) is 8.94. The summed E-state index contributed by atoms with van der Waals surface area (Å²) in [5.74, 6) is 0.110. The Hall–Kier alpha value is -2.34. The van der Waals surface area contributed by atoms with Gasteiger partial charge in [0.15, 0.2) is 0 Å². The van der Waals surface area contributed by atoms with Crippen LogP contribution in [0, 0.1) is 0 Å². The van der Waals surface area contributed by atoms with Crippen LogP contribution in [0.25, 0.3) is 0 Å². The van der Waals surface area contributed by atoms with E-state index in [2.05, 4.69) is 22.1 Å². The van der Waals surface area contributed by atoms with Crippen molar-refractivity contribution in [1.82, 2.24) is 15.1 Å². The van der Waals surface area contributed by atoms with Gasteiger partial charge >= 0.3 is 0 Å². The molecule has 0 aliphatic carbocycles. The van der Waals surface area contributed by atoms with Gasteiger partial charge in [-0.05, 0) is 30.5 Å². The third kappa shape index (κ3) is 4.20. The quantitative estimate of drug-likeness (QED) is 0.787. The number of piperazine rings is 1. The van der Waals surface area contributed by atoms with Crippen molar-refractivity contribution in [3.8, 4) is 0 Å². The van der Waals surface area contributed by atoms with Gasteiger partial charge in [-0.2, -0.15) is 0 Å². The smallest absolute Gasteiger partial charge is 0.254 e. The van der Waals surface area contributed by atoms with Gasteiger partial charge in [0.1, 0.15) is 0 Å². The number of hydrogen-bond acceptors (Lipinski definition) is 4. The van der Waals surface area contributed by atoms with E-state index >= 15 is 0 Å². The maximum absolute atomic E-state index is 12.9. The number of rotatable bonds is 5. The number of nitrogens with zero attached hydrogens (tertiary/aromatic N) is 2. The van der Waals surface area contributed by atoms with E-state index in [4.69, 9.17) is 0 Å². The molecule has 2 N–H and O–H groups in total. The summed E-state index contributed by atoms with van der Waals surface area (Å²) in [6, 6.07) is 5.93. The minimum atomic E-state index is 0.00267. The molecule has 0 unspecified atom stereocenters. The molecule has 0 radical (unpaired) electrons. The molecular weight excluding hydrogens is 316 g/mol. The summed E-state index contributed by atoms with van der Waals surface area (Å²) in [5, 5.41) is 6.16. The highest BCUT2D eigenvalue weighted by molar-refractivity contribution is 5.97. The first kappa shape index (κ1) is 17.5. The number of fused-ring (bicyclic) bond motifs is 1. The Morgan fingerprint density at radius 1 is 1.24 bits per heavy atom. The van der Waals surface area contributed by atoms with Crippen LogP contribution in [0.3, 0.4) is 0 Å². The van der Waals surface area contributed by atoms with E-state index in [-0.39, 0.29) is 11.8 Å². The number of benzene rings is 1. The zero-order valence-electron chi connectivity index (χ0n) is 14.6. The SMILES string of the molecule is C=CCNC(=O)CN1CCN(C(=O)c2cccc3c2CCCN3)CC1. The third-order valence-electron chi connectivity index (χ3n) is 4.80. The Morgan fingerprint density at radius 3 is 2.80 bits per heavy atom. The van der Waals surface area contributed by atoms with Crippen LogP contribution in [-0.4, -0.2) is 67.4 Å². The Bertz CT molecular complexity index is 651. The largest absolute Gasteiger partial charge is 0.385 e. The summed E-state index contributed by atoms with van der Waals surface area (Å²) in [5.41, 5.74) is 3.06. The van der Waals surface area contributed by atoms with Gasteiger partial charge in [-0.1, -0.05) is 12.1 Å². The number of hydrogen-bond donors (Lipinski definition) is 2. The van der Waals surface area contributed by atoms with Crippen molar-refractivity contribution in [2.24, 2.45) is 0 Å². The van der Waals surface area contributed by atoms with Gasteiger partial charge in [0, 0.05) is 50.5 Å². The van der Waals surface area contributed by atoms with Crippen LogP contribution < -0.4 is 10.6 Å². The lowest BCUT2D eigenvalue weighted by Crippen LogP contribution is -2.51. The summed E-state index contributed by atoms with van der Waals surface area (Å²) in [6.45, 7) is 8.19. The minimum Gasteiger partial charge on any atom is -0.385 e. The fraction of sp³-hybridized carbons (Fsp3) is 0.474. The van der Waals surface area contributed by atoms with Crippen LogP contribution >= 0.6 is 0 Å². The van der Waals surface area contributed by atoms with Gasteiger partial charge in [0.25, 0.3) is 5.91 Å². The lowest BCUT2D eigenvalue weighted by atomic mass is 9.96. The Morgan fingerprint density at radius 2 is 2.04 bits per heavy atom. The maximum Gasteiger partial charge on any atom is 0.254 e. The Balaban J connectivity index is 1.57. The van der Waals surface area contributed by atoms with E-state index in [9.17, 15) is 9.59 Å². The van der Waals surface area contributed by atoms with Crippen molar-refractivity contribution >= 4 is 17.5 Å². The second-order valence-corrected chi connectivity index (χ2v) is 6.52. The van der Waals surface area contributed by atoms with Gasteiger partial charge < -0.3 is 15.5 Å². The van der Waals surface area contributed by atoms with Crippen LogP contribution in [-0.2, 0) is 11.2 Å². The molecule has 2 amide bonds. The number of anilines is 1. The van der Waals surface area contributed by atoms with Crippen LogP contribution in [0.4, 0.5) is 5.69 Å². The number of carbonyl (C=O) groups excluding carboxylic acids is 2. The molecule has 1 aromatic carbocycles. The van der Waals surface area contributed by atoms with Crippen molar-refractivity contribution in [3.63, 3.8) is 0 Å². The van der Waals surface area contributed by atoms with Gasteiger partial charge in [-0.15, -0.1) is 6.58 Å². The summed E-state index contributed by atoms with van der Waals surface area (Å²) >= 11 is 0. The number of amides is 2. The highest BCUT2D eigenvalue weighted by Crippen LogP contribution is 2.26. The van der Waals surface area contributed by atoms with E-state index in [1.807, 2.05) is 23.1 Å². The average molecular weight is 342 g/mol. The fourth-order valence-corrected chi connectivity index (χ4v) is 3.43. The van der Waals surface area contributed by atoms with Gasteiger partial charge in [-0.3, -0.25) is 14.5 Å². The Kier molecular flexibility index (Phi) is 5.71. The molecule has 0 aromatic heterocycles. The second kappa shape index (κ2) is 8.16. The second-order valence-electron chi connectivity index (χ2n) is 6.52. The predicted octanol–water partition coefficient (Wildman–Crippen LogP) is 1.10. The van der Waals surface area contributed by atoms with Crippen molar-refractivity contribution in [2.45, 2.75) is 12.8 Å². The summed E-state index contributed by atoms with van der Waals surface area (Å²) in [6.07, 6.45) is 3.68. The molecular formula is C19H26N4O2. The lowest BCUT2D eigenvalue weighted by molar-refractivity contribution is -0.122. The molecule has 6 nitrogen and oxygen atoms in total. The number of carbonyl (C=O) groups is 2. The zero-order chi connectivity index (χ0) is 17.6. The highest BCUT2D eigenvalue weighted by Gasteiger charge is 2.26. The first-order valence-corrected chi connectivity index (χ1v) is 8.94. The van der Waals surface area contributed by atoms with Gasteiger partial charge in [-0.25, -0.2) is 0 Å². The molecule has 0 saturated carbocycles. The molecule has 2 aliphatic rings. The highest BCUT2D eigenvalue weighted by atomic mass is 16.2. The standard InChI is InChI=1S/C19H26N4O2/c1-2-8-21-18(24)14-22-10-12-23(13-11-22)19(25)16-5-3-7-17-15(16)6-4-9-20-17/h2-3,5,7,20H,1,4,6,8-14H2,(H,21,24). The van der Waals surface area contributed by atoms with E-state index in [0.29, 0.717) is 26.2 Å². The molecule has 3 rings (SSSR count). The molecule has 1 aromatic rings. The Labute approximate surface area is 148 Å². The van der Waals surface area contributed by atoms with Crippen LogP contribution in [0.2, 0.25) is 0 Å². The third-order valence-corrected chi connectivity index (χ3v) is 4.80. The van der Waals surface area contributed by atoms with Crippen molar-refractivity contribution in [1.29, 1.82) is 0 Å². The summed E-state index contributed by atoms with van der Waals surface area (Å²) in [4.78, 5) is 28.7. The molecule has 2 aliphatic heterocycles. The summed E-state index contributed by atoms with van der Waals surface area (Å²) < 4.78 is 0. The fourth-order valence-electron chi connectivity index (χ4n) is 3.43. The molecule has 134 valence electrons. The van der Waals surface area contributed by atoms with Gasteiger partial charge in [0.2, 0.25) is 5.91 Å². The zero-order valence-corrected chi connectivity index (χ0v) is 14.6. The molecule has 0 bridgehead atoms. The van der Waals surface area contributed by atoms with E-state index in [1.54, 1.807) is 6.08 Å². The van der Waals surface area contributed by atoms with Crippen molar-refractivity contribution in [2.75, 3.05) is 51.1 Å². The monoisotopic (exact) mass is 342 g/mol. The van der Waals surface area contributed by atoms with Crippen LogP contribution in [0.1, 0.15) is 22.3 Å². The van der Waals surface area contributed by atoms with Crippen molar-refractivity contribution in [3.05, 3.63) is 42.0 Å². The first-order chi connectivity index (χ1) is 12.2. The van der Waals surface area contributed by atoms with E-state index in [0.717, 1.165) is 49.3 Å². The van der Waals surface area contributed by atoms with E-state index < -0.39 is 0 Å². The van der Waals surface area contributed by atoms with Crippen molar-refractivity contribution < 1.29 is 9.59 Å². The normalized spacial score (nSPS) is 17.4. The summed E-state index contributed by atoms with van der Waals surface area (Å²) in [7, 11) is 0. The average Bonchev–Trinajstić information content (AvgIpc) is 2.66. The molecule has 6 heteroatoms. The number of nitrogens with one attached hydrogen (secondary N) is 2. The molecule has 1 fully saturated rings. The molecule has 1 saturated heterocycles.